The number of hydrogen-bond donors (Lipinski definition) is 4. The number of rotatable bonds is 3. The van der Waals surface area contributed by atoms with Gasteiger partial charge in [-0.15, -0.1) is 5.10 Å². The minimum absolute atomic E-state index is 0.238. The lowest BCUT2D eigenvalue weighted by Crippen LogP contribution is -2.44. The van der Waals surface area contributed by atoms with Gasteiger partial charge in [-0.2, -0.15) is 0 Å². The lowest BCUT2D eigenvalue weighted by molar-refractivity contribution is 0.118. The summed E-state index contributed by atoms with van der Waals surface area (Å²) in [5.41, 5.74) is 7.01. The Morgan fingerprint density at radius 3 is 3.26 bits per heavy atom. The molecule has 7 nitrogen and oxygen atoms in total. The normalized spacial score (nSPS) is 21.6. The van der Waals surface area contributed by atoms with Crippen molar-refractivity contribution in [3.63, 3.8) is 0 Å². The standard InChI is InChI=1S/C12H18N6O/c13-10-9(11-15-5-2-6-18(11)17-10)12(19)16-8-3-1-4-14-7-8/h2,5-6,8,12,14,16,19H,1,3-4,7H2,(H2,13,17). The minimum atomic E-state index is -0.850. The third kappa shape index (κ3) is 2.40. The van der Waals surface area contributed by atoms with Gasteiger partial charge < -0.3 is 16.2 Å². The second kappa shape index (κ2) is 5.12. The van der Waals surface area contributed by atoms with Gasteiger partial charge in [0.15, 0.2) is 11.5 Å². The fraction of sp³-hybridized carbons (Fsp3) is 0.500. The van der Waals surface area contributed by atoms with E-state index >= 15 is 0 Å². The number of aromatic nitrogens is 3. The summed E-state index contributed by atoms with van der Waals surface area (Å²) in [6, 6.07) is 2.01. The Bertz CT molecular complexity index is 562. The third-order valence-electron chi connectivity index (χ3n) is 3.42. The highest BCUT2D eigenvalue weighted by Crippen LogP contribution is 2.22. The number of aliphatic hydroxyl groups is 1. The number of nitrogens with one attached hydrogen (secondary N) is 2. The third-order valence-corrected chi connectivity index (χ3v) is 3.42. The molecule has 1 aliphatic rings. The number of hydrogen-bond acceptors (Lipinski definition) is 6. The van der Waals surface area contributed by atoms with Crippen molar-refractivity contribution in [2.45, 2.75) is 25.1 Å². The van der Waals surface area contributed by atoms with E-state index in [-0.39, 0.29) is 6.04 Å². The molecule has 5 N–H and O–H groups in total. The summed E-state index contributed by atoms with van der Waals surface area (Å²) in [6.45, 7) is 1.89. The van der Waals surface area contributed by atoms with Crippen LogP contribution >= 0.6 is 0 Å². The van der Waals surface area contributed by atoms with Crippen molar-refractivity contribution >= 4 is 11.5 Å². The van der Waals surface area contributed by atoms with Gasteiger partial charge in [-0.3, -0.25) is 5.32 Å². The summed E-state index contributed by atoms with van der Waals surface area (Å²) in [5, 5.41) is 20.9. The van der Waals surface area contributed by atoms with Gasteiger partial charge >= 0.3 is 0 Å². The zero-order valence-electron chi connectivity index (χ0n) is 10.6. The van der Waals surface area contributed by atoms with Gasteiger partial charge in [0, 0.05) is 25.0 Å². The van der Waals surface area contributed by atoms with E-state index in [9.17, 15) is 5.11 Å². The Balaban J connectivity index is 1.84. The molecular weight excluding hydrogens is 244 g/mol. The van der Waals surface area contributed by atoms with Crippen LogP contribution in [-0.4, -0.2) is 38.8 Å². The Hall–Kier alpha value is -1.70. The van der Waals surface area contributed by atoms with Gasteiger partial charge in [-0.1, -0.05) is 0 Å². The molecule has 7 heteroatoms. The molecule has 1 saturated heterocycles. The fourth-order valence-corrected chi connectivity index (χ4v) is 2.48. The van der Waals surface area contributed by atoms with E-state index in [0.29, 0.717) is 17.0 Å². The van der Waals surface area contributed by atoms with E-state index < -0.39 is 6.23 Å². The van der Waals surface area contributed by atoms with Crippen LogP contribution in [0.4, 0.5) is 5.82 Å². The summed E-state index contributed by atoms with van der Waals surface area (Å²) in [4.78, 5) is 4.22. The van der Waals surface area contributed by atoms with Crippen molar-refractivity contribution in [2.24, 2.45) is 0 Å². The Kier molecular flexibility index (Phi) is 3.33. The van der Waals surface area contributed by atoms with Crippen LogP contribution in [0.1, 0.15) is 24.6 Å². The van der Waals surface area contributed by atoms with E-state index in [2.05, 4.69) is 20.7 Å². The van der Waals surface area contributed by atoms with Crippen molar-refractivity contribution in [2.75, 3.05) is 18.8 Å². The van der Waals surface area contributed by atoms with E-state index in [4.69, 9.17) is 5.73 Å². The Morgan fingerprint density at radius 2 is 2.47 bits per heavy atom. The van der Waals surface area contributed by atoms with Gasteiger partial charge in [-0.25, -0.2) is 9.50 Å². The zero-order chi connectivity index (χ0) is 13.2. The van der Waals surface area contributed by atoms with Crippen molar-refractivity contribution in [3.05, 3.63) is 24.0 Å². The molecule has 3 rings (SSSR count). The first-order valence-electron chi connectivity index (χ1n) is 6.49. The molecule has 0 spiro atoms. The molecule has 0 bridgehead atoms. The molecule has 0 aromatic carbocycles. The molecule has 2 unspecified atom stereocenters. The molecule has 2 aromatic heterocycles. The number of piperidine rings is 1. The Labute approximate surface area is 110 Å². The summed E-state index contributed by atoms with van der Waals surface area (Å²) >= 11 is 0. The number of anilines is 1. The van der Waals surface area contributed by atoms with Crippen molar-refractivity contribution in [1.82, 2.24) is 25.2 Å². The molecule has 3 heterocycles. The highest BCUT2D eigenvalue weighted by Gasteiger charge is 2.23. The first-order chi connectivity index (χ1) is 9.25. The molecule has 1 fully saturated rings. The van der Waals surface area contributed by atoms with Gasteiger partial charge in [0.25, 0.3) is 0 Å². The average molecular weight is 262 g/mol. The van der Waals surface area contributed by atoms with Crippen LogP contribution in [0.25, 0.3) is 5.65 Å². The summed E-state index contributed by atoms with van der Waals surface area (Å²) in [5.74, 6) is 0.308. The quantitative estimate of drug-likeness (QED) is 0.564. The molecule has 2 atom stereocenters. The number of aliphatic hydroxyl groups excluding tert-OH is 1. The molecule has 1 aliphatic heterocycles. The molecule has 102 valence electrons. The zero-order valence-corrected chi connectivity index (χ0v) is 10.6. The number of fused-ring (bicyclic) bond motifs is 1. The minimum Gasteiger partial charge on any atom is -0.382 e. The van der Waals surface area contributed by atoms with Crippen LogP contribution in [0.3, 0.4) is 0 Å². The van der Waals surface area contributed by atoms with Crippen LogP contribution in [-0.2, 0) is 0 Å². The van der Waals surface area contributed by atoms with E-state index in [1.165, 1.54) is 0 Å². The van der Waals surface area contributed by atoms with Crippen LogP contribution in [0, 0.1) is 0 Å². The molecule has 0 aliphatic carbocycles. The average Bonchev–Trinajstić information content (AvgIpc) is 2.75. The maximum Gasteiger partial charge on any atom is 0.164 e. The second-order valence-electron chi connectivity index (χ2n) is 4.80. The first-order valence-corrected chi connectivity index (χ1v) is 6.49. The number of nitrogens with two attached hydrogens (primary N) is 1. The maximum absolute atomic E-state index is 10.3. The van der Waals surface area contributed by atoms with Crippen molar-refractivity contribution in [3.8, 4) is 0 Å². The lowest BCUT2D eigenvalue weighted by atomic mass is 10.1. The van der Waals surface area contributed by atoms with E-state index in [1.807, 2.05) is 0 Å². The Morgan fingerprint density at radius 1 is 1.58 bits per heavy atom. The van der Waals surface area contributed by atoms with Gasteiger partial charge in [0.2, 0.25) is 0 Å². The fourth-order valence-electron chi connectivity index (χ4n) is 2.48. The first kappa shape index (κ1) is 12.3. The predicted octanol–water partition coefficient (Wildman–Crippen LogP) is -0.356. The summed E-state index contributed by atoms with van der Waals surface area (Å²) in [6.07, 6.45) is 4.72. The number of nitrogens with zero attached hydrogens (tertiary/aromatic N) is 3. The van der Waals surface area contributed by atoms with Crippen LogP contribution in [0.2, 0.25) is 0 Å². The van der Waals surface area contributed by atoms with E-state index in [0.717, 1.165) is 25.9 Å². The molecule has 0 amide bonds. The summed E-state index contributed by atoms with van der Waals surface area (Å²) < 4.78 is 1.58. The highest BCUT2D eigenvalue weighted by molar-refractivity contribution is 5.59. The van der Waals surface area contributed by atoms with Crippen molar-refractivity contribution in [1.29, 1.82) is 0 Å². The monoisotopic (exact) mass is 262 g/mol. The number of nitrogen functional groups attached to an aromatic ring is 1. The molecule has 0 saturated carbocycles. The second-order valence-corrected chi connectivity index (χ2v) is 4.80. The predicted molar refractivity (Wildman–Crippen MR) is 71.4 cm³/mol. The van der Waals surface area contributed by atoms with Crippen LogP contribution < -0.4 is 16.4 Å². The largest absolute Gasteiger partial charge is 0.382 e. The van der Waals surface area contributed by atoms with Crippen molar-refractivity contribution < 1.29 is 5.11 Å². The smallest absolute Gasteiger partial charge is 0.164 e. The van der Waals surface area contributed by atoms with Gasteiger partial charge in [0.05, 0.1) is 5.56 Å². The SMILES string of the molecule is Nc1nn2cccnc2c1C(O)NC1CCCNC1. The highest BCUT2D eigenvalue weighted by atomic mass is 16.3. The lowest BCUT2D eigenvalue weighted by Gasteiger charge is -2.26. The topological polar surface area (TPSA) is 100 Å². The van der Waals surface area contributed by atoms with Crippen LogP contribution in [0.5, 0.6) is 0 Å². The molecule has 19 heavy (non-hydrogen) atoms. The molecule has 0 radical (unpaired) electrons. The van der Waals surface area contributed by atoms with E-state index in [1.54, 1.807) is 23.0 Å². The van der Waals surface area contributed by atoms with Crippen LogP contribution in [0.15, 0.2) is 18.5 Å². The molecule has 2 aromatic rings. The molecular formula is C12H18N6O. The summed E-state index contributed by atoms with van der Waals surface area (Å²) in [7, 11) is 0. The maximum atomic E-state index is 10.3. The van der Waals surface area contributed by atoms with Gasteiger partial charge in [-0.05, 0) is 25.5 Å². The van der Waals surface area contributed by atoms with Gasteiger partial charge in [0.1, 0.15) is 6.23 Å².